The molecule has 0 bridgehead atoms. The van der Waals surface area contributed by atoms with Crippen molar-refractivity contribution in [3.05, 3.63) is 47.6 Å². The summed E-state index contributed by atoms with van der Waals surface area (Å²) < 4.78 is 0. The molecular weight excluding hydrogens is 318 g/mol. The summed E-state index contributed by atoms with van der Waals surface area (Å²) in [6, 6.07) is 11.1. The minimum atomic E-state index is -0.226. The molecule has 0 fully saturated rings. The molecule has 1 heterocycles. The van der Waals surface area contributed by atoms with Crippen LogP contribution in [0.1, 0.15) is 6.92 Å². The van der Waals surface area contributed by atoms with Gasteiger partial charge in [0.15, 0.2) is 5.82 Å². The molecule has 4 nitrogen and oxygen atoms in total. The number of carbonyl (C=O) groups is 1. The van der Waals surface area contributed by atoms with Gasteiger partial charge in [-0.1, -0.05) is 11.6 Å². The van der Waals surface area contributed by atoms with Crippen molar-refractivity contribution in [1.82, 2.24) is 4.98 Å². The number of thioether (sulfide) groups is 1. The van der Waals surface area contributed by atoms with E-state index in [9.17, 15) is 4.79 Å². The number of nitrogens with one attached hydrogen (secondary N) is 1. The molecule has 2 aromatic rings. The Balaban J connectivity index is 2.04. The van der Waals surface area contributed by atoms with Gasteiger partial charge in [0, 0.05) is 30.2 Å². The maximum Gasteiger partial charge on any atom is 0.237 e. The van der Waals surface area contributed by atoms with Crippen LogP contribution in [0.3, 0.4) is 0 Å². The molecular formula is C16H18ClN3OS. The van der Waals surface area contributed by atoms with Crippen molar-refractivity contribution in [1.29, 1.82) is 0 Å². The molecule has 22 heavy (non-hydrogen) atoms. The highest BCUT2D eigenvalue weighted by molar-refractivity contribution is 8.00. The summed E-state index contributed by atoms with van der Waals surface area (Å²) >= 11 is 7.35. The van der Waals surface area contributed by atoms with Crippen molar-refractivity contribution < 1.29 is 4.79 Å². The van der Waals surface area contributed by atoms with Gasteiger partial charge in [-0.3, -0.25) is 4.79 Å². The summed E-state index contributed by atoms with van der Waals surface area (Å²) in [4.78, 5) is 19.5. The van der Waals surface area contributed by atoms with Crippen LogP contribution in [0.15, 0.2) is 47.5 Å². The van der Waals surface area contributed by atoms with E-state index in [2.05, 4.69) is 10.3 Å². The lowest BCUT2D eigenvalue weighted by molar-refractivity contribution is -0.115. The van der Waals surface area contributed by atoms with Gasteiger partial charge >= 0.3 is 0 Å². The van der Waals surface area contributed by atoms with Gasteiger partial charge in [0.05, 0.1) is 10.9 Å². The largest absolute Gasteiger partial charge is 0.361 e. The van der Waals surface area contributed by atoms with Crippen LogP contribution in [0, 0.1) is 0 Å². The Labute approximate surface area is 139 Å². The van der Waals surface area contributed by atoms with E-state index in [-0.39, 0.29) is 11.2 Å². The molecule has 116 valence electrons. The maximum atomic E-state index is 12.4. The van der Waals surface area contributed by atoms with Crippen LogP contribution in [0.4, 0.5) is 11.5 Å². The number of halogens is 1. The van der Waals surface area contributed by atoms with Gasteiger partial charge in [0.2, 0.25) is 5.91 Å². The van der Waals surface area contributed by atoms with E-state index < -0.39 is 0 Å². The molecule has 0 saturated heterocycles. The third kappa shape index (κ3) is 4.39. The lowest BCUT2D eigenvalue weighted by Crippen LogP contribution is -2.24. The first-order chi connectivity index (χ1) is 10.5. The van der Waals surface area contributed by atoms with Crippen LogP contribution >= 0.6 is 23.4 Å². The summed E-state index contributed by atoms with van der Waals surface area (Å²) in [5, 5.41) is 3.40. The third-order valence-electron chi connectivity index (χ3n) is 2.96. The van der Waals surface area contributed by atoms with E-state index >= 15 is 0 Å². The summed E-state index contributed by atoms with van der Waals surface area (Å²) in [6.45, 7) is 1.88. The van der Waals surface area contributed by atoms with Crippen molar-refractivity contribution in [2.45, 2.75) is 17.1 Å². The molecule has 0 aliphatic heterocycles. The summed E-state index contributed by atoms with van der Waals surface area (Å²) in [7, 11) is 3.79. The topological polar surface area (TPSA) is 45.2 Å². The van der Waals surface area contributed by atoms with E-state index in [1.807, 2.05) is 56.3 Å². The Hall–Kier alpha value is -1.72. The summed E-state index contributed by atoms with van der Waals surface area (Å²) in [5.41, 5.74) is 0.709. The highest BCUT2D eigenvalue weighted by Crippen LogP contribution is 2.27. The smallest absolute Gasteiger partial charge is 0.237 e. The van der Waals surface area contributed by atoms with Gasteiger partial charge in [-0.25, -0.2) is 4.98 Å². The van der Waals surface area contributed by atoms with Crippen molar-refractivity contribution in [2.24, 2.45) is 0 Å². The predicted molar refractivity (Wildman–Crippen MR) is 94.0 cm³/mol. The Kier molecular flexibility index (Phi) is 5.69. The third-order valence-corrected chi connectivity index (χ3v) is 4.33. The van der Waals surface area contributed by atoms with Crippen molar-refractivity contribution in [3.63, 3.8) is 0 Å². The second-order valence-electron chi connectivity index (χ2n) is 4.97. The number of amides is 1. The van der Waals surface area contributed by atoms with Crippen LogP contribution in [-0.2, 0) is 4.79 Å². The Morgan fingerprint density at radius 1 is 1.27 bits per heavy atom. The number of pyridine rings is 1. The van der Waals surface area contributed by atoms with E-state index in [1.165, 1.54) is 11.8 Å². The Morgan fingerprint density at radius 2 is 1.95 bits per heavy atom. The van der Waals surface area contributed by atoms with E-state index in [1.54, 1.807) is 12.3 Å². The zero-order chi connectivity index (χ0) is 16.1. The lowest BCUT2D eigenvalue weighted by atomic mass is 10.3. The first kappa shape index (κ1) is 16.6. The summed E-state index contributed by atoms with van der Waals surface area (Å²) in [5.74, 6) is 0.676. The van der Waals surface area contributed by atoms with Crippen LogP contribution in [0.25, 0.3) is 0 Å². The molecule has 0 aliphatic carbocycles. The standard InChI is InChI=1S/C16H18ClN3OS/c1-11(22-13-8-6-12(17)7-9-13)16(21)19-14-5-4-10-18-15(14)20(2)3/h4-11H,1-3H3,(H,19,21). The predicted octanol–water partition coefficient (Wildman–Crippen LogP) is 3.92. The fraction of sp³-hybridized carbons (Fsp3) is 0.250. The number of anilines is 2. The Morgan fingerprint density at radius 3 is 2.59 bits per heavy atom. The van der Waals surface area contributed by atoms with E-state index in [0.717, 1.165) is 10.7 Å². The zero-order valence-corrected chi connectivity index (χ0v) is 14.3. The molecule has 1 amide bonds. The van der Waals surface area contributed by atoms with E-state index in [0.29, 0.717) is 10.7 Å². The molecule has 2 rings (SSSR count). The number of hydrogen-bond acceptors (Lipinski definition) is 4. The highest BCUT2D eigenvalue weighted by atomic mass is 35.5. The molecule has 0 aliphatic rings. The summed E-state index contributed by atoms with van der Waals surface area (Å²) in [6.07, 6.45) is 1.71. The fourth-order valence-electron chi connectivity index (χ4n) is 1.86. The molecule has 0 radical (unpaired) electrons. The quantitative estimate of drug-likeness (QED) is 0.841. The number of aromatic nitrogens is 1. The Bertz CT molecular complexity index is 646. The molecule has 1 atom stereocenters. The molecule has 1 N–H and O–H groups in total. The van der Waals surface area contributed by atoms with Crippen LogP contribution in [-0.4, -0.2) is 30.2 Å². The molecule has 0 saturated carbocycles. The number of carbonyl (C=O) groups excluding carboxylic acids is 1. The van der Waals surface area contributed by atoms with Gasteiger partial charge in [-0.15, -0.1) is 11.8 Å². The second kappa shape index (κ2) is 7.51. The van der Waals surface area contributed by atoms with Crippen molar-refractivity contribution in [2.75, 3.05) is 24.3 Å². The molecule has 6 heteroatoms. The normalized spacial score (nSPS) is 11.8. The lowest BCUT2D eigenvalue weighted by Gasteiger charge is -2.18. The number of benzene rings is 1. The van der Waals surface area contributed by atoms with Crippen molar-refractivity contribution in [3.8, 4) is 0 Å². The number of rotatable bonds is 5. The fourth-order valence-corrected chi connectivity index (χ4v) is 2.85. The first-order valence-electron chi connectivity index (χ1n) is 6.83. The van der Waals surface area contributed by atoms with Gasteiger partial charge in [0.1, 0.15) is 0 Å². The zero-order valence-electron chi connectivity index (χ0n) is 12.7. The van der Waals surface area contributed by atoms with Gasteiger partial charge in [-0.2, -0.15) is 0 Å². The minimum Gasteiger partial charge on any atom is -0.361 e. The van der Waals surface area contributed by atoms with Gasteiger partial charge in [-0.05, 0) is 43.3 Å². The highest BCUT2D eigenvalue weighted by Gasteiger charge is 2.16. The first-order valence-corrected chi connectivity index (χ1v) is 8.08. The van der Waals surface area contributed by atoms with Gasteiger partial charge in [0.25, 0.3) is 0 Å². The number of hydrogen-bond donors (Lipinski definition) is 1. The molecule has 1 aromatic carbocycles. The molecule has 1 aromatic heterocycles. The maximum absolute atomic E-state index is 12.4. The van der Waals surface area contributed by atoms with Crippen LogP contribution in [0.5, 0.6) is 0 Å². The van der Waals surface area contributed by atoms with Crippen LogP contribution in [0.2, 0.25) is 5.02 Å². The van der Waals surface area contributed by atoms with Gasteiger partial charge < -0.3 is 10.2 Å². The second-order valence-corrected chi connectivity index (χ2v) is 6.82. The average molecular weight is 336 g/mol. The molecule has 0 spiro atoms. The van der Waals surface area contributed by atoms with Crippen molar-refractivity contribution >= 4 is 40.8 Å². The van der Waals surface area contributed by atoms with E-state index in [4.69, 9.17) is 11.6 Å². The average Bonchev–Trinajstić information content (AvgIpc) is 2.49. The molecule has 1 unspecified atom stereocenters. The SMILES string of the molecule is CC(Sc1ccc(Cl)cc1)C(=O)Nc1cccnc1N(C)C. The van der Waals surface area contributed by atoms with Crippen LogP contribution < -0.4 is 10.2 Å². The monoisotopic (exact) mass is 335 g/mol. The number of nitrogens with zero attached hydrogens (tertiary/aromatic N) is 2. The minimum absolute atomic E-state index is 0.0592.